The van der Waals surface area contributed by atoms with Crippen molar-refractivity contribution < 1.29 is 5.11 Å². The molecule has 0 spiro atoms. The van der Waals surface area contributed by atoms with E-state index in [2.05, 4.69) is 58.9 Å². The smallest absolute Gasteiger partial charge is 0.139 e. The maximum atomic E-state index is 11.6. The molecule has 0 amide bonds. The van der Waals surface area contributed by atoms with Gasteiger partial charge in [-0.25, -0.2) is 9.97 Å². The van der Waals surface area contributed by atoms with Crippen LogP contribution in [0.3, 0.4) is 0 Å². The highest BCUT2D eigenvalue weighted by atomic mass is 28.3. The summed E-state index contributed by atoms with van der Waals surface area (Å²) in [6.07, 6.45) is 6.61. The molecule has 0 bridgehead atoms. The monoisotopic (exact) mass is 391 g/mol. The average molecular weight is 392 g/mol. The molecule has 0 saturated carbocycles. The zero-order chi connectivity index (χ0) is 20.6. The fourth-order valence-corrected chi connectivity index (χ4v) is 4.56. The number of hydrogen-bond acceptors (Lipinski definition) is 4. The molecule has 3 rings (SSSR count). The highest BCUT2D eigenvalue weighted by molar-refractivity contribution is 6.88. The average Bonchev–Trinajstić information content (AvgIpc) is 2.67. The molecule has 0 aliphatic heterocycles. The lowest BCUT2D eigenvalue weighted by molar-refractivity contribution is -0.0301. The van der Waals surface area contributed by atoms with Gasteiger partial charge in [-0.3, -0.25) is 4.98 Å². The summed E-state index contributed by atoms with van der Waals surface area (Å²) in [4.78, 5) is 12.8. The van der Waals surface area contributed by atoms with E-state index in [1.165, 1.54) is 11.5 Å². The lowest BCUT2D eigenvalue weighted by Gasteiger charge is -2.39. The van der Waals surface area contributed by atoms with Gasteiger partial charge in [-0.15, -0.1) is 0 Å². The van der Waals surface area contributed by atoms with E-state index < -0.39 is 19.1 Å². The molecule has 0 radical (unpaired) electrons. The van der Waals surface area contributed by atoms with Gasteiger partial charge < -0.3 is 5.11 Å². The second-order valence-corrected chi connectivity index (χ2v) is 14.4. The summed E-state index contributed by atoms with van der Waals surface area (Å²) in [5, 5.41) is 13.1. The van der Waals surface area contributed by atoms with E-state index in [-0.39, 0.29) is 0 Å². The number of aromatic nitrogens is 3. The van der Waals surface area contributed by atoms with Crippen LogP contribution in [0.2, 0.25) is 19.6 Å². The number of nitrogens with zero attached hydrogens (tertiary/aromatic N) is 3. The van der Waals surface area contributed by atoms with Crippen LogP contribution in [0.25, 0.3) is 11.1 Å². The first-order chi connectivity index (χ1) is 13.0. The molecule has 0 saturated heterocycles. The summed E-state index contributed by atoms with van der Waals surface area (Å²) in [6.45, 7) is 13.0. The van der Waals surface area contributed by atoms with Crippen molar-refractivity contribution in [3.8, 4) is 11.1 Å². The normalized spacial score (nSPS) is 14.5. The van der Waals surface area contributed by atoms with Crippen LogP contribution in [0.15, 0.2) is 61.3 Å². The zero-order valence-electron chi connectivity index (χ0n) is 17.6. The topological polar surface area (TPSA) is 58.9 Å². The maximum absolute atomic E-state index is 11.6. The summed E-state index contributed by atoms with van der Waals surface area (Å²) >= 11 is 0. The lowest BCUT2D eigenvalue weighted by Crippen LogP contribution is -2.42. The molecular formula is C23H29N3OSi. The van der Waals surface area contributed by atoms with Gasteiger partial charge in [-0.1, -0.05) is 75.9 Å². The molecule has 0 fully saturated rings. The second kappa shape index (κ2) is 7.22. The summed E-state index contributed by atoms with van der Waals surface area (Å²) in [5.74, 6) is 0. The van der Waals surface area contributed by atoms with Gasteiger partial charge in [0.2, 0.25) is 0 Å². The van der Waals surface area contributed by atoms with Crippen LogP contribution in [-0.2, 0) is 5.60 Å². The van der Waals surface area contributed by atoms with Crippen molar-refractivity contribution in [2.75, 3.05) is 0 Å². The summed E-state index contributed by atoms with van der Waals surface area (Å²) in [6, 6.07) is 12.7. The lowest BCUT2D eigenvalue weighted by atomic mass is 9.70. The third-order valence-electron chi connectivity index (χ3n) is 5.28. The van der Waals surface area contributed by atoms with E-state index in [0.717, 1.165) is 11.1 Å². The highest BCUT2D eigenvalue weighted by Gasteiger charge is 2.45. The van der Waals surface area contributed by atoms with Gasteiger partial charge in [0.15, 0.2) is 0 Å². The number of hydrogen-bond donors (Lipinski definition) is 1. The van der Waals surface area contributed by atoms with Crippen molar-refractivity contribution in [1.82, 2.24) is 15.0 Å². The van der Waals surface area contributed by atoms with Gasteiger partial charge in [-0.2, -0.15) is 0 Å². The highest BCUT2D eigenvalue weighted by Crippen LogP contribution is 2.43. The van der Waals surface area contributed by atoms with Crippen LogP contribution < -0.4 is 5.19 Å². The molecular weight excluding hydrogens is 362 g/mol. The van der Waals surface area contributed by atoms with Crippen molar-refractivity contribution in [1.29, 1.82) is 0 Å². The first kappa shape index (κ1) is 20.4. The molecule has 2 heterocycles. The maximum Gasteiger partial charge on any atom is 0.139 e. The number of benzene rings is 1. The molecule has 0 aliphatic carbocycles. The molecule has 3 aromatic rings. The van der Waals surface area contributed by atoms with E-state index >= 15 is 0 Å². The minimum atomic E-state index is -1.31. The molecule has 0 aliphatic rings. The molecule has 28 heavy (non-hydrogen) atoms. The Labute approximate surface area is 168 Å². The van der Waals surface area contributed by atoms with E-state index in [1.807, 2.05) is 39.1 Å². The van der Waals surface area contributed by atoms with Crippen molar-refractivity contribution in [2.45, 2.75) is 46.0 Å². The third-order valence-corrected chi connectivity index (χ3v) is 7.35. The van der Waals surface area contributed by atoms with Gasteiger partial charge in [-0.05, 0) is 11.6 Å². The molecule has 2 aromatic heterocycles. The van der Waals surface area contributed by atoms with E-state index in [0.29, 0.717) is 11.3 Å². The summed E-state index contributed by atoms with van der Waals surface area (Å²) in [7, 11) is -1.31. The quantitative estimate of drug-likeness (QED) is 0.671. The minimum Gasteiger partial charge on any atom is -0.378 e. The Morgan fingerprint density at radius 1 is 0.786 bits per heavy atom. The van der Waals surface area contributed by atoms with E-state index in [9.17, 15) is 5.11 Å². The van der Waals surface area contributed by atoms with Crippen LogP contribution in [0.1, 0.15) is 32.0 Å². The number of aliphatic hydroxyl groups is 1. The molecule has 146 valence electrons. The molecule has 5 heteroatoms. The summed E-state index contributed by atoms with van der Waals surface area (Å²) < 4.78 is 0. The first-order valence-electron chi connectivity index (χ1n) is 9.59. The molecule has 1 unspecified atom stereocenters. The number of rotatable bonds is 4. The second-order valence-electron chi connectivity index (χ2n) is 9.35. The van der Waals surface area contributed by atoms with Crippen molar-refractivity contribution >= 4 is 13.3 Å². The minimum absolute atomic E-state index is 0.481. The fourth-order valence-electron chi connectivity index (χ4n) is 3.39. The Hall–Kier alpha value is -2.37. The molecule has 1 aromatic carbocycles. The summed E-state index contributed by atoms with van der Waals surface area (Å²) in [5.41, 5.74) is 1.63. The van der Waals surface area contributed by atoms with Gasteiger partial charge in [0.1, 0.15) is 11.9 Å². The standard InChI is InChI=1S/C23H29N3OSi/c1-22(2,3)23(27,19-14-24-16-25-15-19)21-12-9-18(13-26-21)17-7-10-20(11-8-17)28(4,5)6/h7-16,27H,1-6H3. The van der Waals surface area contributed by atoms with Crippen molar-refractivity contribution in [3.63, 3.8) is 0 Å². The predicted octanol–water partition coefficient (Wildman–Crippen LogP) is 4.37. The zero-order valence-corrected chi connectivity index (χ0v) is 18.6. The van der Waals surface area contributed by atoms with Gasteiger partial charge in [0.05, 0.1) is 13.8 Å². The fraction of sp³-hybridized carbons (Fsp3) is 0.348. The van der Waals surface area contributed by atoms with Crippen LogP contribution in [0.4, 0.5) is 0 Å². The molecule has 4 nitrogen and oxygen atoms in total. The third kappa shape index (κ3) is 3.77. The largest absolute Gasteiger partial charge is 0.378 e. The Balaban J connectivity index is 1.99. The molecule has 1 N–H and O–H groups in total. The Morgan fingerprint density at radius 3 is 1.82 bits per heavy atom. The molecule has 1 atom stereocenters. The van der Waals surface area contributed by atoms with Crippen molar-refractivity contribution in [3.05, 3.63) is 72.6 Å². The van der Waals surface area contributed by atoms with Crippen LogP contribution >= 0.6 is 0 Å². The van der Waals surface area contributed by atoms with Crippen LogP contribution in [0, 0.1) is 5.41 Å². The van der Waals surface area contributed by atoms with E-state index in [1.54, 1.807) is 12.4 Å². The van der Waals surface area contributed by atoms with E-state index in [4.69, 9.17) is 0 Å². The van der Waals surface area contributed by atoms with Crippen LogP contribution in [-0.4, -0.2) is 28.1 Å². The van der Waals surface area contributed by atoms with Gasteiger partial charge >= 0.3 is 0 Å². The van der Waals surface area contributed by atoms with Gasteiger partial charge in [0.25, 0.3) is 0 Å². The first-order valence-corrected chi connectivity index (χ1v) is 13.1. The Morgan fingerprint density at radius 2 is 1.36 bits per heavy atom. The Bertz CT molecular complexity index is 927. The van der Waals surface area contributed by atoms with Crippen LogP contribution in [0.5, 0.6) is 0 Å². The van der Waals surface area contributed by atoms with Crippen molar-refractivity contribution in [2.24, 2.45) is 5.41 Å². The van der Waals surface area contributed by atoms with Gasteiger partial charge in [0, 0.05) is 35.1 Å². The SMILES string of the molecule is CC(C)(C)C(O)(c1cncnc1)c1ccc(-c2ccc([Si](C)(C)C)cc2)cn1. The number of pyridine rings is 1. The Kier molecular flexibility index (Phi) is 5.25. The predicted molar refractivity (Wildman–Crippen MR) is 117 cm³/mol.